The molecular formula is C53H49N5. The number of fused-ring (bicyclic) bond motifs is 9. The van der Waals surface area contributed by atoms with Gasteiger partial charge in [0.25, 0.3) is 0 Å². The Hall–Kier alpha value is -6.20. The van der Waals surface area contributed by atoms with Crippen LogP contribution in [-0.4, -0.2) is 14.5 Å². The Morgan fingerprint density at radius 1 is 0.448 bits per heavy atom. The molecule has 3 aliphatic rings. The number of anilines is 6. The van der Waals surface area contributed by atoms with E-state index < -0.39 is 0 Å². The highest BCUT2D eigenvalue weighted by Crippen LogP contribution is 2.60. The van der Waals surface area contributed by atoms with E-state index in [-0.39, 0.29) is 21.7 Å². The van der Waals surface area contributed by atoms with Gasteiger partial charge in [-0.15, -0.1) is 0 Å². The van der Waals surface area contributed by atoms with Gasteiger partial charge in [0, 0.05) is 61.9 Å². The molecule has 5 nitrogen and oxygen atoms in total. The molecule has 0 saturated heterocycles. The van der Waals surface area contributed by atoms with Crippen LogP contribution in [0.1, 0.15) is 101 Å². The average molecular weight is 756 g/mol. The van der Waals surface area contributed by atoms with Gasteiger partial charge in [-0.05, 0) is 81.8 Å². The molecule has 0 bridgehead atoms. The lowest BCUT2D eigenvalue weighted by atomic mass is 9.65. The predicted molar refractivity (Wildman–Crippen MR) is 241 cm³/mol. The van der Waals surface area contributed by atoms with Gasteiger partial charge in [0.1, 0.15) is 11.6 Å². The van der Waals surface area contributed by atoms with E-state index in [9.17, 15) is 0 Å². The van der Waals surface area contributed by atoms with Crippen LogP contribution in [0, 0.1) is 0 Å². The molecule has 58 heavy (non-hydrogen) atoms. The monoisotopic (exact) mass is 755 g/mol. The molecule has 6 heterocycles. The fraction of sp³-hybridized carbons (Fsp3) is 0.245. The lowest BCUT2D eigenvalue weighted by molar-refractivity contribution is 0.562. The second kappa shape index (κ2) is 11.5. The van der Waals surface area contributed by atoms with E-state index in [1.807, 2.05) is 12.4 Å². The average Bonchev–Trinajstić information content (AvgIpc) is 3.54. The van der Waals surface area contributed by atoms with Crippen LogP contribution in [0.4, 0.5) is 34.4 Å². The van der Waals surface area contributed by atoms with E-state index in [0.29, 0.717) is 0 Å². The normalized spacial score (nSPS) is 16.7. The van der Waals surface area contributed by atoms with Crippen LogP contribution in [0.2, 0.25) is 0 Å². The van der Waals surface area contributed by atoms with Gasteiger partial charge >= 0.3 is 0 Å². The molecule has 0 aliphatic carbocycles. The van der Waals surface area contributed by atoms with Gasteiger partial charge < -0.3 is 4.57 Å². The second-order valence-corrected chi connectivity index (χ2v) is 19.2. The maximum absolute atomic E-state index is 5.17. The highest BCUT2D eigenvalue weighted by Gasteiger charge is 2.47. The molecule has 0 atom stereocenters. The quantitative estimate of drug-likeness (QED) is 0.176. The molecule has 3 aromatic heterocycles. The Bertz CT molecular complexity index is 2980. The van der Waals surface area contributed by atoms with Gasteiger partial charge in [-0.2, -0.15) is 0 Å². The number of nitrogens with zero attached hydrogens (tertiary/aromatic N) is 5. The van der Waals surface area contributed by atoms with Crippen molar-refractivity contribution in [3.05, 3.63) is 173 Å². The molecule has 11 rings (SSSR count). The van der Waals surface area contributed by atoms with Crippen LogP contribution >= 0.6 is 0 Å². The summed E-state index contributed by atoms with van der Waals surface area (Å²) in [7, 11) is 0. The Morgan fingerprint density at radius 3 is 1.71 bits per heavy atom. The molecule has 0 unspecified atom stereocenters. The molecular weight excluding hydrogens is 707 g/mol. The lowest BCUT2D eigenvalue weighted by Gasteiger charge is -2.49. The summed E-state index contributed by atoms with van der Waals surface area (Å²) in [6, 6.07) is 45.3. The van der Waals surface area contributed by atoms with Crippen molar-refractivity contribution >= 4 is 56.2 Å². The molecule has 5 heteroatoms. The number of aromatic nitrogens is 3. The largest absolute Gasteiger partial charge is 0.309 e. The fourth-order valence-electron chi connectivity index (χ4n) is 10.5. The Kier molecular flexibility index (Phi) is 6.92. The van der Waals surface area contributed by atoms with Gasteiger partial charge in [-0.1, -0.05) is 135 Å². The van der Waals surface area contributed by atoms with Crippen LogP contribution in [0.25, 0.3) is 27.5 Å². The molecule has 3 aliphatic heterocycles. The summed E-state index contributed by atoms with van der Waals surface area (Å²) in [6.45, 7) is 21.2. The SMILES string of the molecule is CC(C)(C)c1cc2c3c(c1)C(C)(C)c1cccnc1N3c1cc(-n3c4ccccc4c4ccc(N5c6ccccc6C(C)(C)c6cccnc65)cc43)ccc1C2(C)C. The molecule has 0 radical (unpaired) electrons. The van der Waals surface area contributed by atoms with Crippen molar-refractivity contribution in [3.8, 4) is 5.69 Å². The minimum atomic E-state index is -0.248. The Morgan fingerprint density at radius 2 is 1.00 bits per heavy atom. The van der Waals surface area contributed by atoms with Crippen molar-refractivity contribution in [1.29, 1.82) is 0 Å². The van der Waals surface area contributed by atoms with E-state index in [2.05, 4.69) is 198 Å². The molecule has 0 fully saturated rings. The smallest absolute Gasteiger partial charge is 0.141 e. The highest BCUT2D eigenvalue weighted by atomic mass is 15.2. The van der Waals surface area contributed by atoms with Crippen molar-refractivity contribution in [1.82, 2.24) is 14.5 Å². The number of benzene rings is 5. The van der Waals surface area contributed by atoms with Crippen molar-refractivity contribution < 1.29 is 0 Å². The second-order valence-electron chi connectivity index (χ2n) is 19.2. The van der Waals surface area contributed by atoms with E-state index in [4.69, 9.17) is 9.97 Å². The standard InChI is InChI=1S/C53H49N5/c1-50(2,3)32-28-41-47-42(29-32)53(8,9)40-19-15-27-55-49(40)58(47)46-31-33(23-25-38(46)52(41,6)7)56-43-20-12-10-16-35(43)36-24-22-34(30-45(36)56)57-44-21-13-11-17-37(44)51(4,5)39-18-14-26-54-48(39)57/h10-31H,1-9H3. The van der Waals surface area contributed by atoms with Crippen molar-refractivity contribution in [2.75, 3.05) is 9.80 Å². The maximum Gasteiger partial charge on any atom is 0.141 e. The van der Waals surface area contributed by atoms with Crippen LogP contribution in [0.3, 0.4) is 0 Å². The number of hydrogen-bond acceptors (Lipinski definition) is 4. The van der Waals surface area contributed by atoms with Crippen molar-refractivity contribution in [3.63, 3.8) is 0 Å². The van der Waals surface area contributed by atoms with Crippen LogP contribution < -0.4 is 9.80 Å². The van der Waals surface area contributed by atoms with Gasteiger partial charge in [-0.25, -0.2) is 9.97 Å². The van der Waals surface area contributed by atoms with Crippen molar-refractivity contribution in [2.45, 2.75) is 84.0 Å². The third-order valence-electron chi connectivity index (χ3n) is 13.8. The summed E-state index contributed by atoms with van der Waals surface area (Å²) in [5.74, 6) is 1.99. The molecule has 0 spiro atoms. The summed E-state index contributed by atoms with van der Waals surface area (Å²) in [4.78, 5) is 15.0. The van der Waals surface area contributed by atoms with Gasteiger partial charge in [0.05, 0.1) is 28.1 Å². The van der Waals surface area contributed by atoms with Crippen molar-refractivity contribution in [2.24, 2.45) is 0 Å². The minimum Gasteiger partial charge on any atom is -0.309 e. The summed E-state index contributed by atoms with van der Waals surface area (Å²) < 4.78 is 2.47. The van der Waals surface area contributed by atoms with E-state index >= 15 is 0 Å². The zero-order valence-corrected chi connectivity index (χ0v) is 34.9. The van der Waals surface area contributed by atoms with Crippen LogP contribution in [0.15, 0.2) is 134 Å². The van der Waals surface area contributed by atoms with Crippen LogP contribution in [-0.2, 0) is 21.7 Å². The number of hydrogen-bond donors (Lipinski definition) is 0. The number of pyridine rings is 2. The lowest BCUT2D eigenvalue weighted by Crippen LogP contribution is -2.39. The zero-order valence-electron chi connectivity index (χ0n) is 34.9. The highest BCUT2D eigenvalue weighted by molar-refractivity contribution is 6.10. The number of rotatable bonds is 2. The molecule has 0 saturated carbocycles. The van der Waals surface area contributed by atoms with Gasteiger partial charge in [-0.3, -0.25) is 9.80 Å². The fourth-order valence-corrected chi connectivity index (χ4v) is 10.5. The topological polar surface area (TPSA) is 37.2 Å². The van der Waals surface area contributed by atoms with Gasteiger partial charge in [0.15, 0.2) is 0 Å². The number of para-hydroxylation sites is 2. The first-order valence-corrected chi connectivity index (χ1v) is 20.7. The summed E-state index contributed by atoms with van der Waals surface area (Å²) >= 11 is 0. The summed E-state index contributed by atoms with van der Waals surface area (Å²) in [5.41, 5.74) is 16.7. The first-order valence-electron chi connectivity index (χ1n) is 20.7. The molecule has 8 aromatic rings. The summed E-state index contributed by atoms with van der Waals surface area (Å²) in [6.07, 6.45) is 3.87. The maximum atomic E-state index is 5.17. The van der Waals surface area contributed by atoms with Gasteiger partial charge in [0.2, 0.25) is 0 Å². The Labute approximate surface area is 341 Å². The third-order valence-corrected chi connectivity index (χ3v) is 13.8. The molecule has 286 valence electrons. The first kappa shape index (κ1) is 35.0. The van der Waals surface area contributed by atoms with E-state index in [1.165, 1.54) is 72.3 Å². The van der Waals surface area contributed by atoms with Crippen LogP contribution in [0.5, 0.6) is 0 Å². The molecule has 5 aromatic carbocycles. The Balaban J connectivity index is 1.17. The molecule has 0 N–H and O–H groups in total. The molecule has 0 amide bonds. The minimum absolute atomic E-state index is 0.00187. The van der Waals surface area contributed by atoms with E-state index in [0.717, 1.165) is 28.5 Å². The predicted octanol–water partition coefficient (Wildman–Crippen LogP) is 13.7. The first-order chi connectivity index (χ1) is 27.7. The summed E-state index contributed by atoms with van der Waals surface area (Å²) in [5, 5.41) is 2.45. The van der Waals surface area contributed by atoms with E-state index in [1.54, 1.807) is 0 Å². The third kappa shape index (κ3) is 4.53. The zero-order chi connectivity index (χ0) is 40.1.